The molecule has 0 radical (unpaired) electrons. The van der Waals surface area contributed by atoms with E-state index in [4.69, 9.17) is 0 Å². The number of urea groups is 1. The lowest BCUT2D eigenvalue weighted by Gasteiger charge is -2.44. The van der Waals surface area contributed by atoms with Crippen LogP contribution >= 0.6 is 0 Å². The van der Waals surface area contributed by atoms with E-state index in [-0.39, 0.29) is 6.03 Å². The Labute approximate surface area is 113 Å². The predicted molar refractivity (Wildman–Crippen MR) is 71.9 cm³/mol. The van der Waals surface area contributed by atoms with Gasteiger partial charge in [0.1, 0.15) is 5.54 Å². The van der Waals surface area contributed by atoms with Crippen LogP contribution in [0, 0.1) is 0 Å². The Morgan fingerprint density at radius 1 is 1.32 bits per heavy atom. The highest BCUT2D eigenvalue weighted by Gasteiger charge is 2.45. The number of nitrogens with zero attached hydrogens (tertiary/aromatic N) is 2. The first-order valence-electron chi connectivity index (χ1n) is 6.91. The number of piperidine rings is 1. The van der Waals surface area contributed by atoms with Crippen LogP contribution in [0.1, 0.15) is 39.5 Å². The number of hydrogen-bond acceptors (Lipinski definition) is 2. The first-order chi connectivity index (χ1) is 8.95. The van der Waals surface area contributed by atoms with E-state index in [0.717, 1.165) is 19.3 Å². The minimum atomic E-state index is -1.05. The van der Waals surface area contributed by atoms with E-state index in [9.17, 15) is 14.7 Å². The smallest absolute Gasteiger partial charge is 0.329 e. The third kappa shape index (κ3) is 2.60. The first-order valence-corrected chi connectivity index (χ1v) is 6.91. The molecular weight excluding hydrogens is 244 g/mol. The monoisotopic (exact) mass is 266 g/mol. The SMILES string of the molecule is CC1=CCCN(C(=O)N2CCCCC2(C)C(=O)O)C1. The van der Waals surface area contributed by atoms with Crippen LogP contribution in [-0.2, 0) is 4.79 Å². The zero-order valence-corrected chi connectivity index (χ0v) is 11.7. The van der Waals surface area contributed by atoms with Crippen LogP contribution in [0.3, 0.4) is 0 Å². The van der Waals surface area contributed by atoms with Crippen molar-refractivity contribution in [2.24, 2.45) is 0 Å². The van der Waals surface area contributed by atoms with Crippen LogP contribution < -0.4 is 0 Å². The quantitative estimate of drug-likeness (QED) is 0.739. The molecular formula is C14H22N2O3. The minimum Gasteiger partial charge on any atom is -0.480 e. The molecule has 19 heavy (non-hydrogen) atoms. The molecule has 5 nitrogen and oxygen atoms in total. The molecule has 2 rings (SSSR count). The maximum atomic E-state index is 12.6. The maximum absolute atomic E-state index is 12.6. The highest BCUT2D eigenvalue weighted by molar-refractivity contribution is 5.86. The molecule has 0 bridgehead atoms. The number of hydrogen-bond donors (Lipinski definition) is 1. The Morgan fingerprint density at radius 3 is 2.68 bits per heavy atom. The van der Waals surface area contributed by atoms with Crippen molar-refractivity contribution in [1.82, 2.24) is 9.80 Å². The molecule has 1 saturated heterocycles. The molecule has 1 fully saturated rings. The number of carboxylic acids is 1. The van der Waals surface area contributed by atoms with Crippen molar-refractivity contribution < 1.29 is 14.7 Å². The zero-order chi connectivity index (χ0) is 14.0. The number of aliphatic carboxylic acids is 1. The van der Waals surface area contributed by atoms with Gasteiger partial charge in [0.05, 0.1) is 0 Å². The van der Waals surface area contributed by atoms with Gasteiger partial charge in [-0.2, -0.15) is 0 Å². The average molecular weight is 266 g/mol. The Kier molecular flexibility index (Phi) is 3.83. The van der Waals surface area contributed by atoms with Gasteiger partial charge in [0, 0.05) is 19.6 Å². The molecule has 0 aliphatic carbocycles. The van der Waals surface area contributed by atoms with Gasteiger partial charge in [-0.05, 0) is 39.5 Å². The zero-order valence-electron chi connectivity index (χ0n) is 11.7. The summed E-state index contributed by atoms with van der Waals surface area (Å²) in [5.41, 5.74) is 0.123. The van der Waals surface area contributed by atoms with Crippen molar-refractivity contribution in [3.8, 4) is 0 Å². The Hall–Kier alpha value is -1.52. The van der Waals surface area contributed by atoms with Gasteiger partial charge in [-0.25, -0.2) is 9.59 Å². The van der Waals surface area contributed by atoms with Crippen LogP contribution in [0.4, 0.5) is 4.79 Å². The summed E-state index contributed by atoms with van der Waals surface area (Å²) < 4.78 is 0. The number of carboxylic acid groups (broad SMARTS) is 1. The number of rotatable bonds is 1. The van der Waals surface area contributed by atoms with Gasteiger partial charge in [0.25, 0.3) is 0 Å². The second-order valence-corrected chi connectivity index (χ2v) is 5.73. The molecule has 0 aromatic heterocycles. The largest absolute Gasteiger partial charge is 0.480 e. The highest BCUT2D eigenvalue weighted by atomic mass is 16.4. The van der Waals surface area contributed by atoms with Crippen molar-refractivity contribution in [2.75, 3.05) is 19.6 Å². The molecule has 0 saturated carbocycles. The van der Waals surface area contributed by atoms with Gasteiger partial charge >= 0.3 is 12.0 Å². The molecule has 1 N–H and O–H groups in total. The van der Waals surface area contributed by atoms with E-state index in [1.54, 1.807) is 16.7 Å². The minimum absolute atomic E-state index is 0.128. The van der Waals surface area contributed by atoms with Crippen molar-refractivity contribution >= 4 is 12.0 Å². The summed E-state index contributed by atoms with van der Waals surface area (Å²) in [5, 5.41) is 9.44. The standard InChI is InChI=1S/C14H22N2O3/c1-11-6-5-8-15(10-11)13(19)16-9-4-3-7-14(16,2)12(17)18/h6H,3-5,7-10H2,1-2H3,(H,17,18). The van der Waals surface area contributed by atoms with Crippen LogP contribution in [0.2, 0.25) is 0 Å². The highest BCUT2D eigenvalue weighted by Crippen LogP contribution is 2.29. The normalized spacial score (nSPS) is 28.0. The van der Waals surface area contributed by atoms with E-state index in [1.165, 1.54) is 5.57 Å². The average Bonchev–Trinajstić information content (AvgIpc) is 2.38. The van der Waals surface area contributed by atoms with E-state index < -0.39 is 11.5 Å². The Morgan fingerprint density at radius 2 is 2.05 bits per heavy atom. The molecule has 106 valence electrons. The summed E-state index contributed by atoms with van der Waals surface area (Å²) in [6, 6.07) is -0.128. The van der Waals surface area contributed by atoms with Gasteiger partial charge < -0.3 is 14.9 Å². The lowest BCUT2D eigenvalue weighted by Crippen LogP contribution is -2.61. The summed E-state index contributed by atoms with van der Waals surface area (Å²) in [5.74, 6) is -0.898. The van der Waals surface area contributed by atoms with Crippen molar-refractivity contribution in [1.29, 1.82) is 0 Å². The molecule has 0 spiro atoms. The summed E-state index contributed by atoms with van der Waals surface area (Å²) in [7, 11) is 0. The van der Waals surface area contributed by atoms with E-state index in [0.29, 0.717) is 26.1 Å². The Bertz CT molecular complexity index is 419. The van der Waals surface area contributed by atoms with E-state index >= 15 is 0 Å². The fourth-order valence-electron chi connectivity index (χ4n) is 2.90. The predicted octanol–water partition coefficient (Wildman–Crippen LogP) is 2.09. The van der Waals surface area contributed by atoms with Crippen molar-refractivity contribution in [3.63, 3.8) is 0 Å². The second-order valence-electron chi connectivity index (χ2n) is 5.73. The van der Waals surface area contributed by atoms with E-state index in [2.05, 4.69) is 6.08 Å². The van der Waals surface area contributed by atoms with Crippen LogP contribution in [0.25, 0.3) is 0 Å². The van der Waals surface area contributed by atoms with Gasteiger partial charge in [-0.3, -0.25) is 0 Å². The van der Waals surface area contributed by atoms with Gasteiger partial charge in [-0.15, -0.1) is 0 Å². The summed E-state index contributed by atoms with van der Waals surface area (Å²) >= 11 is 0. The molecule has 5 heteroatoms. The van der Waals surface area contributed by atoms with Crippen molar-refractivity contribution in [3.05, 3.63) is 11.6 Å². The second kappa shape index (κ2) is 5.23. The fraction of sp³-hybridized carbons (Fsp3) is 0.714. The van der Waals surface area contributed by atoms with Crippen LogP contribution in [0.15, 0.2) is 11.6 Å². The topological polar surface area (TPSA) is 60.9 Å². The maximum Gasteiger partial charge on any atom is 0.329 e. The molecule has 2 aliphatic heterocycles. The lowest BCUT2D eigenvalue weighted by molar-refractivity contribution is -0.150. The number of carbonyl (C=O) groups excluding carboxylic acids is 1. The van der Waals surface area contributed by atoms with Crippen LogP contribution in [0.5, 0.6) is 0 Å². The first kappa shape index (κ1) is 13.9. The van der Waals surface area contributed by atoms with Crippen LogP contribution in [-0.4, -0.2) is 52.1 Å². The Balaban J connectivity index is 2.16. The molecule has 1 unspecified atom stereocenters. The molecule has 2 heterocycles. The third-order valence-corrected chi connectivity index (χ3v) is 4.19. The molecule has 0 aromatic rings. The van der Waals surface area contributed by atoms with Crippen molar-refractivity contribution in [2.45, 2.75) is 45.1 Å². The fourth-order valence-corrected chi connectivity index (χ4v) is 2.90. The number of likely N-dealkylation sites (tertiary alicyclic amines) is 1. The van der Waals surface area contributed by atoms with Gasteiger partial charge in [0.2, 0.25) is 0 Å². The summed E-state index contributed by atoms with van der Waals surface area (Å²) in [6.45, 7) is 5.51. The molecule has 2 amide bonds. The summed E-state index contributed by atoms with van der Waals surface area (Å²) in [4.78, 5) is 27.4. The molecule has 2 aliphatic rings. The summed E-state index contributed by atoms with van der Waals surface area (Å²) in [6.07, 6.45) is 5.28. The number of amides is 2. The lowest BCUT2D eigenvalue weighted by atomic mass is 9.88. The third-order valence-electron chi connectivity index (χ3n) is 4.19. The van der Waals surface area contributed by atoms with Gasteiger partial charge in [-0.1, -0.05) is 11.6 Å². The van der Waals surface area contributed by atoms with Gasteiger partial charge in [0.15, 0.2) is 0 Å². The van der Waals surface area contributed by atoms with E-state index in [1.807, 2.05) is 6.92 Å². The molecule has 1 atom stereocenters. The molecule has 0 aromatic carbocycles. The number of carbonyl (C=O) groups is 2.